The molecular formula is C12H12N2O2. The van der Waals surface area contributed by atoms with Gasteiger partial charge in [-0.15, -0.1) is 0 Å². The van der Waals surface area contributed by atoms with E-state index in [1.165, 1.54) is 0 Å². The molecular weight excluding hydrogens is 204 g/mol. The highest BCUT2D eigenvalue weighted by Crippen LogP contribution is 2.15. The summed E-state index contributed by atoms with van der Waals surface area (Å²) in [5.74, 6) is -0.360. The predicted molar refractivity (Wildman–Crippen MR) is 60.1 cm³/mol. The number of aromatic nitrogens is 2. The molecule has 0 fully saturated rings. The molecule has 0 saturated carbocycles. The second-order valence-corrected chi connectivity index (χ2v) is 3.68. The van der Waals surface area contributed by atoms with Crippen molar-refractivity contribution in [1.82, 2.24) is 9.97 Å². The van der Waals surface area contributed by atoms with E-state index in [1.54, 1.807) is 24.5 Å². The van der Waals surface area contributed by atoms with Gasteiger partial charge in [0.15, 0.2) is 0 Å². The number of nitrogens with zero attached hydrogens (tertiary/aromatic N) is 2. The number of fused-ring (bicyclic) bond motifs is 1. The zero-order valence-corrected chi connectivity index (χ0v) is 9.18. The monoisotopic (exact) mass is 216 g/mol. The summed E-state index contributed by atoms with van der Waals surface area (Å²) in [6, 6.07) is 5.28. The van der Waals surface area contributed by atoms with Crippen molar-refractivity contribution in [3.05, 3.63) is 36.2 Å². The fourth-order valence-corrected chi connectivity index (χ4v) is 1.43. The number of rotatable bonds is 2. The van der Waals surface area contributed by atoms with Crippen LogP contribution in [0.2, 0.25) is 0 Å². The molecule has 4 nitrogen and oxygen atoms in total. The number of carbonyl (C=O) groups is 1. The Balaban J connectivity index is 2.48. The van der Waals surface area contributed by atoms with E-state index in [4.69, 9.17) is 4.74 Å². The first-order valence-corrected chi connectivity index (χ1v) is 5.09. The Morgan fingerprint density at radius 2 is 2.00 bits per heavy atom. The van der Waals surface area contributed by atoms with E-state index < -0.39 is 0 Å². The van der Waals surface area contributed by atoms with E-state index >= 15 is 0 Å². The fraction of sp³-hybridized carbons (Fsp3) is 0.250. The molecule has 0 radical (unpaired) electrons. The molecule has 0 N–H and O–H groups in total. The summed E-state index contributed by atoms with van der Waals surface area (Å²) in [5, 5.41) is 0. The van der Waals surface area contributed by atoms with Gasteiger partial charge in [0.25, 0.3) is 0 Å². The Labute approximate surface area is 93.3 Å². The quantitative estimate of drug-likeness (QED) is 0.722. The molecule has 2 rings (SSSR count). The van der Waals surface area contributed by atoms with Crippen LogP contribution in [-0.4, -0.2) is 22.0 Å². The van der Waals surface area contributed by atoms with E-state index in [-0.39, 0.29) is 12.1 Å². The molecule has 0 unspecified atom stereocenters. The molecule has 16 heavy (non-hydrogen) atoms. The zero-order valence-electron chi connectivity index (χ0n) is 9.18. The van der Waals surface area contributed by atoms with Crippen LogP contribution >= 0.6 is 0 Å². The molecule has 1 aromatic heterocycles. The van der Waals surface area contributed by atoms with E-state index in [1.807, 2.05) is 19.9 Å². The summed E-state index contributed by atoms with van der Waals surface area (Å²) in [6.07, 6.45) is 3.02. The molecule has 0 aliphatic carbocycles. The first-order valence-electron chi connectivity index (χ1n) is 5.09. The minimum Gasteiger partial charge on any atom is -0.459 e. The van der Waals surface area contributed by atoms with Gasteiger partial charge in [-0.1, -0.05) is 6.07 Å². The number of para-hydroxylation sites is 1. The number of carbonyl (C=O) groups excluding carboxylic acids is 1. The fourth-order valence-electron chi connectivity index (χ4n) is 1.43. The Morgan fingerprint density at radius 1 is 1.25 bits per heavy atom. The molecule has 0 aliphatic heterocycles. The maximum atomic E-state index is 11.8. The summed E-state index contributed by atoms with van der Waals surface area (Å²) in [6.45, 7) is 3.63. The normalized spacial score (nSPS) is 10.7. The SMILES string of the molecule is CC(C)OC(=O)c1cccc2nccnc12. The standard InChI is InChI=1S/C12H12N2O2/c1-8(2)16-12(15)9-4-3-5-10-11(9)14-7-6-13-10/h3-8H,1-2H3. The van der Waals surface area contributed by atoms with E-state index in [2.05, 4.69) is 9.97 Å². The molecule has 0 saturated heterocycles. The molecule has 0 bridgehead atoms. The van der Waals surface area contributed by atoms with Gasteiger partial charge in [-0.25, -0.2) is 4.79 Å². The Bertz CT molecular complexity index is 518. The average molecular weight is 216 g/mol. The van der Waals surface area contributed by atoms with Crippen LogP contribution in [-0.2, 0) is 4.74 Å². The van der Waals surface area contributed by atoms with Crippen LogP contribution in [0.1, 0.15) is 24.2 Å². The summed E-state index contributed by atoms with van der Waals surface area (Å²) >= 11 is 0. The number of hydrogen-bond donors (Lipinski definition) is 0. The maximum absolute atomic E-state index is 11.8. The summed E-state index contributed by atoms with van der Waals surface area (Å²) in [5.41, 5.74) is 1.73. The molecule has 1 heterocycles. The van der Waals surface area contributed by atoms with Crippen LogP contribution in [0.3, 0.4) is 0 Å². The number of hydrogen-bond acceptors (Lipinski definition) is 4. The highest BCUT2D eigenvalue weighted by atomic mass is 16.5. The van der Waals surface area contributed by atoms with Crippen LogP contribution in [0, 0.1) is 0 Å². The minimum absolute atomic E-state index is 0.139. The van der Waals surface area contributed by atoms with Crippen LogP contribution in [0.5, 0.6) is 0 Å². The highest BCUT2D eigenvalue weighted by Gasteiger charge is 2.13. The lowest BCUT2D eigenvalue weighted by atomic mass is 10.2. The third-order valence-corrected chi connectivity index (χ3v) is 2.06. The average Bonchev–Trinajstić information content (AvgIpc) is 2.27. The van der Waals surface area contributed by atoms with Gasteiger partial charge >= 0.3 is 5.97 Å². The Kier molecular flexibility index (Phi) is 2.81. The number of ether oxygens (including phenoxy) is 1. The second-order valence-electron chi connectivity index (χ2n) is 3.68. The second kappa shape index (κ2) is 4.26. The van der Waals surface area contributed by atoms with Crippen LogP contribution in [0.25, 0.3) is 11.0 Å². The van der Waals surface area contributed by atoms with Gasteiger partial charge in [-0.3, -0.25) is 9.97 Å². The van der Waals surface area contributed by atoms with Crippen molar-refractivity contribution in [2.45, 2.75) is 20.0 Å². The molecule has 82 valence electrons. The molecule has 4 heteroatoms. The maximum Gasteiger partial charge on any atom is 0.340 e. The minimum atomic E-state index is -0.360. The third-order valence-electron chi connectivity index (χ3n) is 2.06. The van der Waals surface area contributed by atoms with Gasteiger partial charge in [-0.2, -0.15) is 0 Å². The first kappa shape index (κ1) is 10.5. The van der Waals surface area contributed by atoms with Gasteiger partial charge in [-0.05, 0) is 26.0 Å². The third kappa shape index (κ3) is 2.00. The van der Waals surface area contributed by atoms with Crippen molar-refractivity contribution in [2.75, 3.05) is 0 Å². The predicted octanol–water partition coefficient (Wildman–Crippen LogP) is 2.20. The lowest BCUT2D eigenvalue weighted by Gasteiger charge is -2.08. The van der Waals surface area contributed by atoms with E-state index in [0.29, 0.717) is 16.6 Å². The van der Waals surface area contributed by atoms with Crippen LogP contribution < -0.4 is 0 Å². The van der Waals surface area contributed by atoms with Gasteiger partial charge in [0.1, 0.15) is 5.52 Å². The van der Waals surface area contributed by atoms with Crippen LogP contribution in [0.15, 0.2) is 30.6 Å². The van der Waals surface area contributed by atoms with Crippen LogP contribution in [0.4, 0.5) is 0 Å². The van der Waals surface area contributed by atoms with Crippen molar-refractivity contribution >= 4 is 17.0 Å². The molecule has 1 aromatic carbocycles. The molecule has 0 spiro atoms. The smallest absolute Gasteiger partial charge is 0.340 e. The number of benzene rings is 1. The molecule has 0 amide bonds. The van der Waals surface area contributed by atoms with Gasteiger partial charge < -0.3 is 4.74 Å². The van der Waals surface area contributed by atoms with Crippen molar-refractivity contribution in [3.63, 3.8) is 0 Å². The summed E-state index contributed by atoms with van der Waals surface area (Å²) < 4.78 is 5.14. The van der Waals surface area contributed by atoms with Gasteiger partial charge in [0.05, 0.1) is 17.2 Å². The first-order chi connectivity index (χ1) is 7.68. The molecule has 0 atom stereocenters. The van der Waals surface area contributed by atoms with Crippen molar-refractivity contribution < 1.29 is 9.53 Å². The largest absolute Gasteiger partial charge is 0.459 e. The topological polar surface area (TPSA) is 52.1 Å². The Hall–Kier alpha value is -1.97. The van der Waals surface area contributed by atoms with Gasteiger partial charge in [0.2, 0.25) is 0 Å². The Morgan fingerprint density at radius 3 is 2.75 bits per heavy atom. The van der Waals surface area contributed by atoms with Crippen molar-refractivity contribution in [2.24, 2.45) is 0 Å². The lowest BCUT2D eigenvalue weighted by Crippen LogP contribution is -2.12. The highest BCUT2D eigenvalue weighted by molar-refractivity contribution is 6.01. The number of esters is 1. The van der Waals surface area contributed by atoms with E-state index in [9.17, 15) is 4.79 Å². The summed E-state index contributed by atoms with van der Waals surface area (Å²) in [4.78, 5) is 20.1. The zero-order chi connectivity index (χ0) is 11.5. The molecule has 0 aliphatic rings. The van der Waals surface area contributed by atoms with Crippen molar-refractivity contribution in [3.8, 4) is 0 Å². The summed E-state index contributed by atoms with van der Waals surface area (Å²) in [7, 11) is 0. The lowest BCUT2D eigenvalue weighted by molar-refractivity contribution is 0.0380. The van der Waals surface area contributed by atoms with E-state index in [0.717, 1.165) is 0 Å². The van der Waals surface area contributed by atoms with Crippen molar-refractivity contribution in [1.29, 1.82) is 0 Å². The van der Waals surface area contributed by atoms with Gasteiger partial charge in [0, 0.05) is 12.4 Å². The molecule has 2 aromatic rings.